The van der Waals surface area contributed by atoms with Gasteiger partial charge in [0, 0.05) is 12.0 Å². The lowest BCUT2D eigenvalue weighted by Gasteiger charge is -2.06. The second-order valence-corrected chi connectivity index (χ2v) is 5.36. The molecule has 0 aliphatic rings. The fourth-order valence-corrected chi connectivity index (χ4v) is 2.66. The normalized spacial score (nSPS) is 10.7. The number of aliphatic carboxylic acids is 1. The molecule has 0 aliphatic carbocycles. The van der Waals surface area contributed by atoms with Gasteiger partial charge in [-0.15, -0.1) is 0 Å². The molecule has 5 heteroatoms. The summed E-state index contributed by atoms with van der Waals surface area (Å²) in [5, 5.41) is 21.5. The number of fused-ring (bicyclic) bond motifs is 1. The molecule has 0 aliphatic heterocycles. The van der Waals surface area contributed by atoms with Gasteiger partial charge in [-0.05, 0) is 30.7 Å². The van der Waals surface area contributed by atoms with Crippen LogP contribution in [0.15, 0.2) is 36.4 Å². The Labute approximate surface area is 128 Å². The van der Waals surface area contributed by atoms with Crippen LogP contribution >= 0.6 is 0 Å². The number of carbonyl (C=O) groups is 1. The van der Waals surface area contributed by atoms with Crippen molar-refractivity contribution in [2.45, 2.75) is 38.5 Å². The second-order valence-electron chi connectivity index (χ2n) is 5.36. The van der Waals surface area contributed by atoms with E-state index in [0.29, 0.717) is 18.2 Å². The van der Waals surface area contributed by atoms with E-state index in [0.717, 1.165) is 30.2 Å². The number of hydrogen-bond acceptors (Lipinski definition) is 3. The molecule has 5 nitrogen and oxygen atoms in total. The minimum atomic E-state index is -0.773. The molecule has 0 radical (unpaired) electrons. The van der Waals surface area contributed by atoms with Crippen LogP contribution in [-0.4, -0.2) is 16.0 Å². The molecule has 116 valence electrons. The van der Waals surface area contributed by atoms with Crippen molar-refractivity contribution < 1.29 is 14.8 Å². The maximum atomic E-state index is 11.4. The Morgan fingerprint density at radius 3 is 2.50 bits per heavy atom. The summed E-state index contributed by atoms with van der Waals surface area (Å²) in [6.07, 6.45) is 4.06. The highest BCUT2D eigenvalue weighted by Gasteiger charge is 2.17. The highest BCUT2D eigenvalue weighted by Crippen LogP contribution is 2.30. The van der Waals surface area contributed by atoms with Gasteiger partial charge in [-0.3, -0.25) is 14.9 Å². The molecule has 2 aromatic rings. The lowest BCUT2D eigenvalue weighted by atomic mass is 9.99. The number of aryl methyl sites for hydroxylation is 1. The minimum absolute atomic E-state index is 0.191. The molecule has 0 saturated carbocycles. The first-order valence-electron chi connectivity index (χ1n) is 7.46. The van der Waals surface area contributed by atoms with Crippen molar-refractivity contribution in [1.29, 1.82) is 0 Å². The van der Waals surface area contributed by atoms with E-state index in [2.05, 4.69) is 0 Å². The van der Waals surface area contributed by atoms with Gasteiger partial charge in [0.1, 0.15) is 0 Å². The summed E-state index contributed by atoms with van der Waals surface area (Å²) in [5.41, 5.74) is 0.950. The van der Waals surface area contributed by atoms with E-state index in [1.807, 2.05) is 30.3 Å². The standard InChI is InChI=1S/C17H19NO4/c19-16(20)10-4-2-1-3-8-14-12-11-13-7-5-6-9-15(13)17(14)18(21)22/h5-7,9,11-12H,1-4,8,10H2,(H,19,20). The summed E-state index contributed by atoms with van der Waals surface area (Å²) < 4.78 is 0. The van der Waals surface area contributed by atoms with E-state index in [1.165, 1.54) is 0 Å². The maximum Gasteiger partial charge on any atom is 0.303 e. The molecule has 0 atom stereocenters. The van der Waals surface area contributed by atoms with E-state index in [4.69, 9.17) is 5.11 Å². The number of nitrogens with zero attached hydrogens (tertiary/aromatic N) is 1. The average molecular weight is 301 g/mol. The Bertz CT molecular complexity index is 681. The van der Waals surface area contributed by atoms with Gasteiger partial charge in [-0.1, -0.05) is 43.2 Å². The summed E-state index contributed by atoms with van der Waals surface area (Å²) in [5.74, 6) is -0.773. The van der Waals surface area contributed by atoms with Crippen molar-refractivity contribution >= 4 is 22.4 Å². The molecule has 0 bridgehead atoms. The second kappa shape index (κ2) is 7.54. The summed E-state index contributed by atoms with van der Waals surface area (Å²) in [4.78, 5) is 21.5. The van der Waals surface area contributed by atoms with Gasteiger partial charge < -0.3 is 5.11 Å². The minimum Gasteiger partial charge on any atom is -0.481 e. The van der Waals surface area contributed by atoms with Crippen LogP contribution in [0.3, 0.4) is 0 Å². The Hall–Kier alpha value is -2.43. The molecule has 0 saturated heterocycles. The van der Waals surface area contributed by atoms with Crippen LogP contribution in [0.25, 0.3) is 10.8 Å². The van der Waals surface area contributed by atoms with E-state index in [-0.39, 0.29) is 17.0 Å². The molecular formula is C17H19NO4. The fourth-order valence-electron chi connectivity index (χ4n) is 2.66. The molecule has 0 heterocycles. The molecule has 2 rings (SSSR count). The number of nitro benzene ring substituents is 1. The van der Waals surface area contributed by atoms with Crippen LogP contribution in [0.2, 0.25) is 0 Å². The van der Waals surface area contributed by atoms with Gasteiger partial charge in [0.05, 0.1) is 10.3 Å². The Morgan fingerprint density at radius 1 is 1.05 bits per heavy atom. The fraction of sp³-hybridized carbons (Fsp3) is 0.353. The summed E-state index contributed by atoms with van der Waals surface area (Å²) in [7, 11) is 0. The van der Waals surface area contributed by atoms with Crippen molar-refractivity contribution in [2.24, 2.45) is 0 Å². The number of hydrogen-bond donors (Lipinski definition) is 1. The summed E-state index contributed by atoms with van der Waals surface area (Å²) in [6, 6.07) is 11.1. The Morgan fingerprint density at radius 2 is 1.77 bits per heavy atom. The van der Waals surface area contributed by atoms with Gasteiger partial charge in [0.15, 0.2) is 0 Å². The van der Waals surface area contributed by atoms with Crippen LogP contribution in [0.5, 0.6) is 0 Å². The van der Waals surface area contributed by atoms with Crippen LogP contribution in [-0.2, 0) is 11.2 Å². The number of nitro groups is 1. The van der Waals surface area contributed by atoms with E-state index in [1.54, 1.807) is 6.07 Å². The van der Waals surface area contributed by atoms with Crippen LogP contribution in [0.4, 0.5) is 5.69 Å². The van der Waals surface area contributed by atoms with Crippen LogP contribution in [0.1, 0.15) is 37.7 Å². The Balaban J connectivity index is 2.03. The molecule has 2 aromatic carbocycles. The average Bonchev–Trinajstić information content (AvgIpc) is 2.49. The van der Waals surface area contributed by atoms with E-state index in [9.17, 15) is 14.9 Å². The molecule has 0 fully saturated rings. The smallest absolute Gasteiger partial charge is 0.303 e. The van der Waals surface area contributed by atoms with Crippen molar-refractivity contribution in [2.75, 3.05) is 0 Å². The molecule has 0 aromatic heterocycles. The molecule has 0 unspecified atom stereocenters. The molecule has 0 spiro atoms. The number of benzene rings is 2. The van der Waals surface area contributed by atoms with Gasteiger partial charge in [-0.2, -0.15) is 0 Å². The summed E-state index contributed by atoms with van der Waals surface area (Å²) in [6.45, 7) is 0. The first kappa shape index (κ1) is 15.9. The van der Waals surface area contributed by atoms with Gasteiger partial charge in [0.25, 0.3) is 5.69 Å². The zero-order valence-electron chi connectivity index (χ0n) is 12.3. The first-order valence-corrected chi connectivity index (χ1v) is 7.46. The number of rotatable bonds is 8. The lowest BCUT2D eigenvalue weighted by Crippen LogP contribution is -1.98. The highest BCUT2D eigenvalue weighted by atomic mass is 16.6. The van der Waals surface area contributed by atoms with E-state index >= 15 is 0 Å². The molecule has 1 N–H and O–H groups in total. The first-order chi connectivity index (χ1) is 10.6. The van der Waals surface area contributed by atoms with Crippen molar-refractivity contribution in [3.8, 4) is 0 Å². The molecular weight excluding hydrogens is 282 g/mol. The number of carboxylic acid groups (broad SMARTS) is 1. The number of unbranched alkanes of at least 4 members (excludes halogenated alkanes) is 3. The van der Waals surface area contributed by atoms with Crippen LogP contribution in [0, 0.1) is 10.1 Å². The van der Waals surface area contributed by atoms with Gasteiger partial charge in [0.2, 0.25) is 0 Å². The summed E-state index contributed by atoms with van der Waals surface area (Å²) >= 11 is 0. The molecule has 22 heavy (non-hydrogen) atoms. The third-order valence-corrected chi connectivity index (χ3v) is 3.75. The largest absolute Gasteiger partial charge is 0.481 e. The Kier molecular flexibility index (Phi) is 5.47. The molecule has 0 amide bonds. The predicted molar refractivity (Wildman–Crippen MR) is 85.0 cm³/mol. The van der Waals surface area contributed by atoms with Gasteiger partial charge >= 0.3 is 5.97 Å². The van der Waals surface area contributed by atoms with Crippen molar-refractivity contribution in [1.82, 2.24) is 0 Å². The zero-order valence-corrected chi connectivity index (χ0v) is 12.3. The van der Waals surface area contributed by atoms with Crippen LogP contribution < -0.4 is 0 Å². The highest BCUT2D eigenvalue weighted by molar-refractivity contribution is 5.92. The predicted octanol–water partition coefficient (Wildman–Crippen LogP) is 4.33. The number of carboxylic acids is 1. The van der Waals surface area contributed by atoms with Crippen molar-refractivity contribution in [3.05, 3.63) is 52.1 Å². The zero-order chi connectivity index (χ0) is 15.9. The quantitative estimate of drug-likeness (QED) is 0.447. The monoisotopic (exact) mass is 301 g/mol. The maximum absolute atomic E-state index is 11.4. The van der Waals surface area contributed by atoms with E-state index < -0.39 is 5.97 Å². The van der Waals surface area contributed by atoms with Crippen molar-refractivity contribution in [3.63, 3.8) is 0 Å². The third kappa shape index (κ3) is 4.04. The lowest BCUT2D eigenvalue weighted by molar-refractivity contribution is -0.383. The van der Waals surface area contributed by atoms with Gasteiger partial charge in [-0.25, -0.2) is 0 Å². The SMILES string of the molecule is O=C(O)CCCCCCc1ccc2ccccc2c1[N+](=O)[O-]. The third-order valence-electron chi connectivity index (χ3n) is 3.75. The topological polar surface area (TPSA) is 80.4 Å².